The maximum Gasteiger partial charge on any atom is 0.261 e. The lowest BCUT2D eigenvalue weighted by atomic mass is 10.2. The molecule has 168 valence electrons. The molecule has 0 spiro atoms. The average molecular weight is 476 g/mol. The number of thiazole rings is 1. The van der Waals surface area contributed by atoms with Gasteiger partial charge in [-0.05, 0) is 79.7 Å². The second-order valence-corrected chi connectivity index (χ2v) is 9.11. The highest BCUT2D eigenvalue weighted by atomic mass is 32.1. The average Bonchev–Trinajstić information content (AvgIpc) is 3.23. The summed E-state index contributed by atoms with van der Waals surface area (Å²) in [6.45, 7) is 4.75. The first-order valence-corrected chi connectivity index (χ1v) is 12.1. The molecule has 0 atom stereocenters. The number of amides is 1. The number of nitrogens with one attached hydrogen (secondary N) is 2. The largest absolute Gasteiger partial charge is 0.493 e. The number of ether oxygens (including phenoxy) is 1. The Morgan fingerprint density at radius 1 is 1.09 bits per heavy atom. The number of carbonyl (C=O) groups excluding carboxylic acids is 1. The van der Waals surface area contributed by atoms with Crippen molar-refractivity contribution in [2.45, 2.75) is 26.7 Å². The Morgan fingerprint density at radius 3 is 2.67 bits per heavy atom. The minimum Gasteiger partial charge on any atom is -0.493 e. The summed E-state index contributed by atoms with van der Waals surface area (Å²) in [6, 6.07) is 21.3. The van der Waals surface area contributed by atoms with Gasteiger partial charge in [0.1, 0.15) is 10.8 Å². The Bertz CT molecular complexity index is 1280. The SMILES string of the molecule is CCCCOc1ccccc1C(=O)NC(=S)Nc1ccc(-c2nc3ccc(C)cc3s2)cc1. The number of thiocarbonyl (C=S) groups is 1. The van der Waals surface area contributed by atoms with Crippen LogP contribution in [0.1, 0.15) is 35.7 Å². The van der Waals surface area contributed by atoms with E-state index in [-0.39, 0.29) is 11.0 Å². The zero-order chi connectivity index (χ0) is 23.2. The molecular weight excluding hydrogens is 450 g/mol. The van der Waals surface area contributed by atoms with Gasteiger partial charge in [-0.1, -0.05) is 31.5 Å². The predicted molar refractivity (Wildman–Crippen MR) is 140 cm³/mol. The summed E-state index contributed by atoms with van der Waals surface area (Å²) >= 11 is 7.02. The van der Waals surface area contributed by atoms with E-state index in [9.17, 15) is 4.79 Å². The van der Waals surface area contributed by atoms with Crippen LogP contribution in [0.5, 0.6) is 5.75 Å². The molecule has 0 bridgehead atoms. The summed E-state index contributed by atoms with van der Waals surface area (Å²) in [4.78, 5) is 17.4. The Hall–Kier alpha value is -3.29. The fourth-order valence-electron chi connectivity index (χ4n) is 3.29. The molecule has 1 aromatic heterocycles. The van der Waals surface area contributed by atoms with E-state index in [1.54, 1.807) is 29.5 Å². The van der Waals surface area contributed by atoms with E-state index in [1.165, 1.54) is 10.3 Å². The van der Waals surface area contributed by atoms with Crippen molar-refractivity contribution in [2.75, 3.05) is 11.9 Å². The van der Waals surface area contributed by atoms with E-state index in [2.05, 4.69) is 42.7 Å². The lowest BCUT2D eigenvalue weighted by Gasteiger charge is -2.13. The topological polar surface area (TPSA) is 63.2 Å². The number of unbranched alkanes of at least 4 members (excludes halogenated alkanes) is 1. The van der Waals surface area contributed by atoms with Gasteiger partial charge in [0.05, 0.1) is 22.4 Å². The number of anilines is 1. The van der Waals surface area contributed by atoms with Gasteiger partial charge in [-0.15, -0.1) is 11.3 Å². The van der Waals surface area contributed by atoms with Crippen molar-refractivity contribution < 1.29 is 9.53 Å². The van der Waals surface area contributed by atoms with Gasteiger partial charge >= 0.3 is 0 Å². The maximum absolute atomic E-state index is 12.7. The highest BCUT2D eigenvalue weighted by Gasteiger charge is 2.14. The number of rotatable bonds is 7. The smallest absolute Gasteiger partial charge is 0.261 e. The third-order valence-corrected chi connectivity index (χ3v) is 6.32. The molecule has 2 N–H and O–H groups in total. The molecule has 0 saturated carbocycles. The van der Waals surface area contributed by atoms with Gasteiger partial charge in [0.2, 0.25) is 0 Å². The molecule has 0 saturated heterocycles. The van der Waals surface area contributed by atoms with Crippen LogP contribution in [-0.2, 0) is 0 Å². The second-order valence-electron chi connectivity index (χ2n) is 7.67. The fourth-order valence-corrected chi connectivity index (χ4v) is 4.57. The lowest BCUT2D eigenvalue weighted by Crippen LogP contribution is -2.34. The number of aryl methyl sites for hydroxylation is 1. The van der Waals surface area contributed by atoms with Crippen LogP contribution in [0.4, 0.5) is 5.69 Å². The van der Waals surface area contributed by atoms with E-state index in [0.29, 0.717) is 17.9 Å². The van der Waals surface area contributed by atoms with Crippen LogP contribution in [0.15, 0.2) is 66.7 Å². The summed E-state index contributed by atoms with van der Waals surface area (Å²) in [6.07, 6.45) is 1.96. The molecule has 5 nitrogen and oxygen atoms in total. The zero-order valence-electron chi connectivity index (χ0n) is 18.6. The molecular formula is C26H25N3O2S2. The van der Waals surface area contributed by atoms with Gasteiger partial charge in [0.25, 0.3) is 5.91 Å². The molecule has 0 aliphatic carbocycles. The summed E-state index contributed by atoms with van der Waals surface area (Å²) in [5.74, 6) is 0.252. The van der Waals surface area contributed by atoms with E-state index >= 15 is 0 Å². The van der Waals surface area contributed by atoms with Crippen LogP contribution in [-0.4, -0.2) is 22.6 Å². The van der Waals surface area contributed by atoms with Crippen molar-refractivity contribution in [2.24, 2.45) is 0 Å². The number of para-hydroxylation sites is 1. The van der Waals surface area contributed by atoms with Gasteiger partial charge < -0.3 is 10.1 Å². The van der Waals surface area contributed by atoms with E-state index in [4.69, 9.17) is 21.9 Å². The van der Waals surface area contributed by atoms with Gasteiger partial charge in [-0.2, -0.15) is 0 Å². The number of fused-ring (bicyclic) bond motifs is 1. The third-order valence-electron chi connectivity index (χ3n) is 5.05. The van der Waals surface area contributed by atoms with E-state index < -0.39 is 0 Å². The molecule has 4 aromatic rings. The number of hydrogen-bond acceptors (Lipinski definition) is 5. The second kappa shape index (κ2) is 10.6. The zero-order valence-corrected chi connectivity index (χ0v) is 20.2. The summed E-state index contributed by atoms with van der Waals surface area (Å²) in [7, 11) is 0. The predicted octanol–water partition coefficient (Wildman–Crippen LogP) is 6.58. The Balaban J connectivity index is 1.39. The van der Waals surface area contributed by atoms with E-state index in [0.717, 1.165) is 34.6 Å². The molecule has 1 heterocycles. The van der Waals surface area contributed by atoms with E-state index in [1.807, 2.05) is 30.3 Å². The van der Waals surface area contributed by atoms with Crippen molar-refractivity contribution in [1.82, 2.24) is 10.3 Å². The van der Waals surface area contributed by atoms with Crippen molar-refractivity contribution in [3.63, 3.8) is 0 Å². The van der Waals surface area contributed by atoms with Crippen LogP contribution in [0.2, 0.25) is 0 Å². The highest BCUT2D eigenvalue weighted by Crippen LogP contribution is 2.31. The molecule has 0 aliphatic heterocycles. The monoisotopic (exact) mass is 475 g/mol. The highest BCUT2D eigenvalue weighted by molar-refractivity contribution is 7.80. The number of aromatic nitrogens is 1. The molecule has 0 aliphatic rings. The summed E-state index contributed by atoms with van der Waals surface area (Å²) in [5, 5.41) is 7.00. The normalized spacial score (nSPS) is 10.7. The molecule has 0 fully saturated rings. The molecule has 4 rings (SSSR count). The Kier molecular flexibility index (Phi) is 7.32. The lowest BCUT2D eigenvalue weighted by molar-refractivity contribution is 0.0973. The van der Waals surface area contributed by atoms with Crippen molar-refractivity contribution in [3.05, 3.63) is 77.9 Å². The summed E-state index contributed by atoms with van der Waals surface area (Å²) in [5.41, 5.74) is 4.51. The van der Waals surface area contributed by atoms with Crippen molar-refractivity contribution in [1.29, 1.82) is 0 Å². The number of nitrogens with zero attached hydrogens (tertiary/aromatic N) is 1. The third kappa shape index (κ3) is 5.74. The quantitative estimate of drug-likeness (QED) is 0.234. The Labute approximate surface area is 202 Å². The first-order valence-electron chi connectivity index (χ1n) is 10.9. The minimum absolute atomic E-state index is 0.228. The summed E-state index contributed by atoms with van der Waals surface area (Å²) < 4.78 is 6.93. The van der Waals surface area contributed by atoms with Crippen LogP contribution in [0.3, 0.4) is 0 Å². The maximum atomic E-state index is 12.7. The first-order chi connectivity index (χ1) is 16.0. The molecule has 1 amide bonds. The Morgan fingerprint density at radius 2 is 1.88 bits per heavy atom. The van der Waals surface area contributed by atoms with Crippen LogP contribution < -0.4 is 15.4 Å². The van der Waals surface area contributed by atoms with Gasteiger partial charge in [-0.3, -0.25) is 10.1 Å². The molecule has 7 heteroatoms. The molecule has 0 unspecified atom stereocenters. The number of hydrogen-bond donors (Lipinski definition) is 2. The van der Waals surface area contributed by atoms with Crippen molar-refractivity contribution >= 4 is 50.5 Å². The first kappa shape index (κ1) is 22.9. The minimum atomic E-state index is -0.305. The molecule has 33 heavy (non-hydrogen) atoms. The van der Waals surface area contributed by atoms with Crippen LogP contribution in [0.25, 0.3) is 20.8 Å². The molecule has 3 aromatic carbocycles. The fraction of sp³-hybridized carbons (Fsp3) is 0.192. The van der Waals surface area contributed by atoms with Gasteiger partial charge in [0, 0.05) is 11.3 Å². The van der Waals surface area contributed by atoms with Gasteiger partial charge in [-0.25, -0.2) is 4.98 Å². The standard InChI is InChI=1S/C26H25N3O2S2/c1-3-4-15-31-22-8-6-5-7-20(22)24(30)29-26(32)27-19-12-10-18(11-13-19)25-28-21-14-9-17(2)16-23(21)33-25/h5-14,16H,3-4,15H2,1-2H3,(H2,27,29,30,32). The number of carbonyl (C=O) groups is 1. The molecule has 0 radical (unpaired) electrons. The number of benzene rings is 3. The van der Waals surface area contributed by atoms with Crippen LogP contribution >= 0.6 is 23.6 Å². The van der Waals surface area contributed by atoms with Gasteiger partial charge in [0.15, 0.2) is 5.11 Å². The van der Waals surface area contributed by atoms with Crippen LogP contribution in [0, 0.1) is 6.92 Å². The van der Waals surface area contributed by atoms with Crippen molar-refractivity contribution in [3.8, 4) is 16.3 Å².